The molecular formula is C21H22O12. The summed E-state index contributed by atoms with van der Waals surface area (Å²) < 4.78 is 16.9. The van der Waals surface area contributed by atoms with Gasteiger partial charge in [0, 0.05) is 17.7 Å². The highest BCUT2D eigenvalue weighted by molar-refractivity contribution is 5.70. The molecule has 12 heteroatoms. The first-order valence-electron chi connectivity index (χ1n) is 9.77. The molecule has 2 heterocycles. The molecule has 9 N–H and O–H groups in total. The largest absolute Gasteiger partial charge is 0.508 e. The fraction of sp³-hybridized carbons (Fsp3) is 0.333. The zero-order valence-electron chi connectivity index (χ0n) is 16.8. The monoisotopic (exact) mass is 466 g/mol. The molecule has 2 aromatic rings. The average Bonchev–Trinajstić information content (AvgIpc) is 2.77. The Morgan fingerprint density at radius 1 is 0.818 bits per heavy atom. The van der Waals surface area contributed by atoms with Gasteiger partial charge in [-0.3, -0.25) is 0 Å². The van der Waals surface area contributed by atoms with Gasteiger partial charge in [0.2, 0.25) is 6.29 Å². The fourth-order valence-electron chi connectivity index (χ4n) is 3.65. The molecule has 12 nitrogen and oxygen atoms in total. The summed E-state index contributed by atoms with van der Waals surface area (Å²) in [5.74, 6) is -2.95. The maximum Gasteiger partial charge on any atom is 0.228 e. The molecule has 0 spiro atoms. The highest BCUT2D eigenvalue weighted by atomic mass is 16.7. The smallest absolute Gasteiger partial charge is 0.228 e. The van der Waals surface area contributed by atoms with E-state index in [0.717, 1.165) is 18.2 Å². The molecular weight excluding hydrogens is 444 g/mol. The molecule has 2 aliphatic rings. The molecule has 0 radical (unpaired) electrons. The number of rotatable bonds is 4. The number of aliphatic hydroxyl groups excluding tert-OH is 4. The average molecular weight is 466 g/mol. The first kappa shape index (κ1) is 22.8. The molecule has 1 fully saturated rings. The summed E-state index contributed by atoms with van der Waals surface area (Å²) in [5.41, 5.74) is 0.142. The number of phenolic OH excluding ortho intramolecular Hbond substituents is 5. The minimum atomic E-state index is -1.75. The minimum absolute atomic E-state index is 0.00528. The van der Waals surface area contributed by atoms with Crippen LogP contribution in [0.15, 0.2) is 30.0 Å². The van der Waals surface area contributed by atoms with E-state index in [9.17, 15) is 46.0 Å². The van der Waals surface area contributed by atoms with Crippen molar-refractivity contribution in [1.82, 2.24) is 0 Å². The molecule has 4 rings (SSSR count). The van der Waals surface area contributed by atoms with E-state index in [1.165, 1.54) is 12.1 Å². The second kappa shape index (κ2) is 8.50. The Hall–Kier alpha value is -3.42. The van der Waals surface area contributed by atoms with E-state index >= 15 is 0 Å². The minimum Gasteiger partial charge on any atom is -0.508 e. The van der Waals surface area contributed by atoms with Crippen LogP contribution in [-0.2, 0) is 9.47 Å². The molecule has 178 valence electrons. The Balaban J connectivity index is 1.76. The fourth-order valence-corrected chi connectivity index (χ4v) is 3.65. The molecule has 0 amide bonds. The highest BCUT2D eigenvalue weighted by Gasteiger charge is 2.46. The summed E-state index contributed by atoms with van der Waals surface area (Å²) in [4.78, 5) is 0. The van der Waals surface area contributed by atoms with E-state index < -0.39 is 60.7 Å². The number of fused-ring (bicyclic) bond motifs is 1. The van der Waals surface area contributed by atoms with Crippen LogP contribution in [0.5, 0.6) is 34.5 Å². The number of aromatic hydroxyl groups is 5. The number of benzene rings is 2. The number of aliphatic hydroxyl groups is 4. The molecule has 0 saturated carbocycles. The van der Waals surface area contributed by atoms with Gasteiger partial charge in [-0.1, -0.05) is 0 Å². The van der Waals surface area contributed by atoms with Crippen molar-refractivity contribution in [2.75, 3.05) is 6.61 Å². The number of hydrogen-bond donors (Lipinski definition) is 9. The highest BCUT2D eigenvalue weighted by Crippen LogP contribution is 2.46. The van der Waals surface area contributed by atoms with Gasteiger partial charge in [0.15, 0.2) is 23.4 Å². The third-order valence-corrected chi connectivity index (χ3v) is 5.39. The van der Waals surface area contributed by atoms with E-state index in [4.69, 9.17) is 14.2 Å². The molecule has 2 aliphatic heterocycles. The van der Waals surface area contributed by atoms with Gasteiger partial charge in [0.05, 0.1) is 12.2 Å². The zero-order chi connectivity index (χ0) is 24.0. The maximum absolute atomic E-state index is 10.3. The van der Waals surface area contributed by atoms with Crippen LogP contribution in [0.2, 0.25) is 0 Å². The van der Waals surface area contributed by atoms with Gasteiger partial charge in [-0.25, -0.2) is 0 Å². The Labute approximate surface area is 186 Å². The van der Waals surface area contributed by atoms with Crippen molar-refractivity contribution in [1.29, 1.82) is 0 Å². The first-order valence-corrected chi connectivity index (χ1v) is 9.77. The van der Waals surface area contributed by atoms with Gasteiger partial charge >= 0.3 is 0 Å². The predicted molar refractivity (Wildman–Crippen MR) is 107 cm³/mol. The number of ether oxygens (including phenoxy) is 3. The van der Waals surface area contributed by atoms with Crippen molar-refractivity contribution in [3.05, 3.63) is 41.2 Å². The Morgan fingerprint density at radius 2 is 1.48 bits per heavy atom. The predicted octanol–water partition coefficient (Wildman–Crippen LogP) is -0.494. The van der Waals surface area contributed by atoms with Gasteiger partial charge < -0.3 is 60.2 Å². The van der Waals surface area contributed by atoms with Gasteiger partial charge in [0.1, 0.15) is 47.4 Å². The lowest BCUT2D eigenvalue weighted by atomic mass is 9.98. The van der Waals surface area contributed by atoms with Gasteiger partial charge in [0.25, 0.3) is 0 Å². The van der Waals surface area contributed by atoms with Crippen LogP contribution in [0.3, 0.4) is 0 Å². The van der Waals surface area contributed by atoms with Crippen molar-refractivity contribution in [2.45, 2.75) is 36.8 Å². The summed E-state index contributed by atoms with van der Waals surface area (Å²) in [7, 11) is 0. The summed E-state index contributed by atoms with van der Waals surface area (Å²) in [5, 5.41) is 89.2. The van der Waals surface area contributed by atoms with Crippen molar-refractivity contribution < 1.29 is 60.2 Å². The molecule has 33 heavy (non-hydrogen) atoms. The van der Waals surface area contributed by atoms with Crippen LogP contribution in [0, 0.1) is 0 Å². The van der Waals surface area contributed by atoms with Crippen molar-refractivity contribution >= 4 is 6.08 Å². The van der Waals surface area contributed by atoms with E-state index in [1.807, 2.05) is 0 Å². The normalized spacial score (nSPS) is 29.0. The van der Waals surface area contributed by atoms with E-state index in [2.05, 4.69) is 0 Å². The molecule has 0 aromatic heterocycles. The maximum atomic E-state index is 10.3. The SMILES string of the molecule is OC[C@@H]1O[C@@H](OC2=Cc3c(O)cc(O)cc3OC2c2cc(O)c(O)c(O)c2)[C@@H](O)[C@H](O)[C@H]1O. The molecule has 1 saturated heterocycles. The van der Waals surface area contributed by atoms with Crippen LogP contribution in [0.4, 0.5) is 0 Å². The van der Waals surface area contributed by atoms with Crippen molar-refractivity contribution in [2.24, 2.45) is 0 Å². The second-order valence-electron chi connectivity index (χ2n) is 7.64. The summed E-state index contributed by atoms with van der Waals surface area (Å²) in [6, 6.07) is 4.38. The quantitative estimate of drug-likeness (QED) is 0.261. The number of phenols is 5. The van der Waals surface area contributed by atoms with Crippen molar-refractivity contribution in [3.63, 3.8) is 0 Å². The summed E-state index contributed by atoms with van der Waals surface area (Å²) in [6.07, 6.45) is -7.92. The summed E-state index contributed by atoms with van der Waals surface area (Å²) >= 11 is 0. The zero-order valence-corrected chi connectivity index (χ0v) is 16.8. The summed E-state index contributed by atoms with van der Waals surface area (Å²) in [6.45, 7) is -0.688. The Morgan fingerprint density at radius 3 is 2.12 bits per heavy atom. The first-order chi connectivity index (χ1) is 15.6. The Bertz CT molecular complexity index is 1060. The lowest BCUT2D eigenvalue weighted by Gasteiger charge is -2.41. The van der Waals surface area contributed by atoms with E-state index in [1.54, 1.807) is 0 Å². The lowest BCUT2D eigenvalue weighted by molar-refractivity contribution is -0.293. The molecule has 1 unspecified atom stereocenters. The third kappa shape index (κ3) is 4.05. The van der Waals surface area contributed by atoms with Crippen LogP contribution < -0.4 is 4.74 Å². The topological polar surface area (TPSA) is 210 Å². The molecule has 2 aromatic carbocycles. The van der Waals surface area contributed by atoms with E-state index in [0.29, 0.717) is 0 Å². The van der Waals surface area contributed by atoms with E-state index in [-0.39, 0.29) is 34.1 Å². The van der Waals surface area contributed by atoms with Gasteiger partial charge in [-0.15, -0.1) is 0 Å². The second-order valence-corrected chi connectivity index (χ2v) is 7.64. The third-order valence-electron chi connectivity index (χ3n) is 5.39. The molecule has 0 aliphatic carbocycles. The molecule has 6 atom stereocenters. The Kier molecular flexibility index (Phi) is 5.86. The molecule has 0 bridgehead atoms. The van der Waals surface area contributed by atoms with Crippen LogP contribution in [0.25, 0.3) is 6.08 Å². The van der Waals surface area contributed by atoms with Crippen LogP contribution in [0.1, 0.15) is 17.2 Å². The van der Waals surface area contributed by atoms with Crippen LogP contribution >= 0.6 is 0 Å². The van der Waals surface area contributed by atoms with Crippen LogP contribution in [-0.4, -0.2) is 83.3 Å². The number of hydrogen-bond acceptors (Lipinski definition) is 12. The van der Waals surface area contributed by atoms with Crippen molar-refractivity contribution in [3.8, 4) is 34.5 Å². The van der Waals surface area contributed by atoms with Gasteiger partial charge in [-0.2, -0.15) is 0 Å². The standard InChI is InChI=1S/C21H22O12/c22-6-15-17(28)18(29)19(30)21(33-15)32-14-5-9-10(24)3-8(23)4-13(9)31-20(14)7-1-11(25)16(27)12(26)2-7/h1-5,15,17-30H,6H2/t15-,17-,18+,19-,20?,21+/m0/s1. The lowest BCUT2D eigenvalue weighted by Crippen LogP contribution is -2.59. The van der Waals surface area contributed by atoms with Gasteiger partial charge in [-0.05, 0) is 18.2 Å².